The Morgan fingerprint density at radius 2 is 0.905 bits per heavy atom. The molecule has 0 spiro atoms. The van der Waals surface area contributed by atoms with Gasteiger partial charge in [0, 0.05) is 12.8 Å². The van der Waals surface area contributed by atoms with E-state index in [1.807, 2.05) is 0 Å². The first-order valence-corrected chi connectivity index (χ1v) is 8.57. The van der Waals surface area contributed by atoms with Crippen molar-refractivity contribution in [2.45, 2.75) is 63.7 Å². The second-order valence-electron chi connectivity index (χ2n) is 5.00. The lowest BCUT2D eigenvalue weighted by Crippen LogP contribution is -2.12. The summed E-state index contributed by atoms with van der Waals surface area (Å²) in [6.45, 7) is 0. The summed E-state index contributed by atoms with van der Waals surface area (Å²) < 4.78 is 94.1. The fourth-order valence-corrected chi connectivity index (χ4v) is 3.24. The second kappa shape index (κ2) is 8.85. The smallest absolute Gasteiger partial charge is 0.229 e. The maximum Gasteiger partial charge on any atom is 0.389 e. The van der Waals surface area contributed by atoms with Crippen LogP contribution in [0.3, 0.4) is 0 Å². The van der Waals surface area contributed by atoms with Gasteiger partial charge in [-0.3, -0.25) is 0 Å². The molecule has 0 heterocycles. The molecule has 0 bridgehead atoms. The number of halogens is 6. The van der Waals surface area contributed by atoms with Gasteiger partial charge in [-0.25, -0.2) is 8.42 Å². The van der Waals surface area contributed by atoms with Crippen LogP contribution in [0, 0.1) is 0 Å². The molecule has 0 aliphatic carbocycles. The van der Waals surface area contributed by atoms with Crippen LogP contribution in [-0.4, -0.2) is 32.3 Å². The van der Waals surface area contributed by atoms with Crippen LogP contribution in [0.5, 0.6) is 0 Å². The van der Waals surface area contributed by atoms with E-state index in [-0.39, 0.29) is 50.0 Å². The zero-order valence-electron chi connectivity index (χ0n) is 11.6. The summed E-state index contributed by atoms with van der Waals surface area (Å²) in [5, 5.41) is 0. The fraction of sp³-hybridized carbons (Fsp3) is 1.00. The molecule has 0 aromatic carbocycles. The van der Waals surface area contributed by atoms with Crippen LogP contribution in [-0.2, 0) is 9.84 Å². The Balaban J connectivity index is 3.66. The van der Waals surface area contributed by atoms with Crippen LogP contribution >= 0.6 is 0 Å². The minimum atomic E-state index is -4.22. The summed E-state index contributed by atoms with van der Waals surface area (Å²) in [6, 6.07) is 0. The molecule has 128 valence electrons. The van der Waals surface area contributed by atoms with Crippen LogP contribution in [0.2, 0.25) is 0 Å². The number of rotatable bonds is 10. The van der Waals surface area contributed by atoms with Crippen LogP contribution in [0.1, 0.15) is 51.4 Å². The summed E-state index contributed by atoms with van der Waals surface area (Å²) in [5.41, 5.74) is 0. The van der Waals surface area contributed by atoms with Gasteiger partial charge in [-0.05, 0) is 25.7 Å². The van der Waals surface area contributed by atoms with E-state index in [9.17, 15) is 34.8 Å². The Hall–Kier alpha value is -0.470. The molecule has 0 aliphatic rings. The predicted molar refractivity (Wildman–Crippen MR) is 67.7 cm³/mol. The molecule has 21 heavy (non-hydrogen) atoms. The van der Waals surface area contributed by atoms with Crippen LogP contribution in [0.25, 0.3) is 0 Å². The number of hydrogen-bond donors (Lipinski definition) is 0. The lowest BCUT2D eigenvalue weighted by atomic mass is 10.2. The Bertz CT molecular complexity index is 342. The molecule has 0 radical (unpaired) electrons. The van der Waals surface area contributed by atoms with Gasteiger partial charge in [-0.2, -0.15) is 26.3 Å². The molecule has 0 saturated heterocycles. The molecule has 9 heteroatoms. The molecule has 0 atom stereocenters. The zero-order valence-corrected chi connectivity index (χ0v) is 12.4. The van der Waals surface area contributed by atoms with Crippen molar-refractivity contribution in [2.24, 2.45) is 0 Å². The van der Waals surface area contributed by atoms with Gasteiger partial charge in [-0.15, -0.1) is 0 Å². The van der Waals surface area contributed by atoms with Crippen molar-refractivity contribution in [3.63, 3.8) is 0 Å². The topological polar surface area (TPSA) is 34.1 Å². The summed E-state index contributed by atoms with van der Waals surface area (Å²) >= 11 is 0. The molecular formula is C12H20F6O2S. The first-order valence-electron chi connectivity index (χ1n) is 6.75. The van der Waals surface area contributed by atoms with Crippen molar-refractivity contribution in [1.29, 1.82) is 0 Å². The van der Waals surface area contributed by atoms with Crippen molar-refractivity contribution in [3.05, 3.63) is 0 Å². The van der Waals surface area contributed by atoms with Crippen LogP contribution < -0.4 is 0 Å². The minimum absolute atomic E-state index is 0.107. The normalized spacial score (nSPS) is 13.6. The Morgan fingerprint density at radius 3 is 1.19 bits per heavy atom. The quantitative estimate of drug-likeness (QED) is 0.428. The van der Waals surface area contributed by atoms with Crippen molar-refractivity contribution in [2.75, 3.05) is 11.5 Å². The molecule has 2 nitrogen and oxygen atoms in total. The van der Waals surface area contributed by atoms with Crippen molar-refractivity contribution in [3.8, 4) is 0 Å². The molecule has 0 saturated carbocycles. The van der Waals surface area contributed by atoms with Gasteiger partial charge >= 0.3 is 12.4 Å². The second-order valence-corrected chi connectivity index (χ2v) is 7.31. The van der Waals surface area contributed by atoms with E-state index in [0.29, 0.717) is 0 Å². The highest BCUT2D eigenvalue weighted by Gasteiger charge is 2.26. The first-order chi connectivity index (χ1) is 9.41. The van der Waals surface area contributed by atoms with Crippen LogP contribution in [0.4, 0.5) is 26.3 Å². The number of unbranched alkanes of at least 4 members (excludes halogenated alkanes) is 4. The summed E-state index contributed by atoms with van der Waals surface area (Å²) in [6.07, 6.45) is -9.86. The highest BCUT2D eigenvalue weighted by molar-refractivity contribution is 7.91. The van der Waals surface area contributed by atoms with Gasteiger partial charge in [0.05, 0.1) is 11.5 Å². The number of alkyl halides is 6. The molecule has 0 aliphatic heterocycles. The molecule has 0 aromatic rings. The maximum absolute atomic E-state index is 11.8. The third kappa shape index (κ3) is 15.7. The fourth-order valence-electron chi connectivity index (χ4n) is 1.75. The Kier molecular flexibility index (Phi) is 8.65. The monoisotopic (exact) mass is 342 g/mol. The minimum Gasteiger partial charge on any atom is -0.229 e. The highest BCUT2D eigenvalue weighted by Crippen LogP contribution is 2.23. The summed E-state index contributed by atoms with van der Waals surface area (Å²) in [7, 11) is -3.38. The number of hydrogen-bond acceptors (Lipinski definition) is 2. The maximum atomic E-state index is 11.8. The molecule has 0 N–H and O–H groups in total. The van der Waals surface area contributed by atoms with Gasteiger partial charge in [0.1, 0.15) is 9.84 Å². The first kappa shape index (κ1) is 20.5. The SMILES string of the molecule is O=S(=O)(CCCCCC(F)(F)F)CCCCCC(F)(F)F. The molecule has 0 fully saturated rings. The molecule has 0 unspecified atom stereocenters. The summed E-state index contributed by atoms with van der Waals surface area (Å²) in [5.74, 6) is -0.408. The average molecular weight is 342 g/mol. The largest absolute Gasteiger partial charge is 0.389 e. The van der Waals surface area contributed by atoms with Crippen LogP contribution in [0.15, 0.2) is 0 Å². The van der Waals surface area contributed by atoms with E-state index >= 15 is 0 Å². The predicted octanol–water partition coefficient (Wildman–Crippen LogP) is 4.65. The highest BCUT2D eigenvalue weighted by atomic mass is 32.2. The van der Waals surface area contributed by atoms with E-state index in [1.165, 1.54) is 0 Å². The lowest BCUT2D eigenvalue weighted by Gasteiger charge is -2.07. The lowest BCUT2D eigenvalue weighted by molar-refractivity contribution is -0.136. The standard InChI is InChI=1S/C12H20F6O2S/c13-11(14,15)7-3-1-5-9-21(19,20)10-6-2-4-8-12(16,17)18/h1-10H2. The number of sulfone groups is 1. The van der Waals surface area contributed by atoms with Crippen molar-refractivity contribution >= 4 is 9.84 Å². The Labute approximate surface area is 120 Å². The van der Waals surface area contributed by atoms with E-state index in [4.69, 9.17) is 0 Å². The van der Waals surface area contributed by atoms with Crippen molar-refractivity contribution in [1.82, 2.24) is 0 Å². The van der Waals surface area contributed by atoms with Gasteiger partial charge in [0.2, 0.25) is 0 Å². The third-order valence-electron chi connectivity index (χ3n) is 2.83. The molecular weight excluding hydrogens is 322 g/mol. The van der Waals surface area contributed by atoms with E-state index in [2.05, 4.69) is 0 Å². The average Bonchev–Trinajstić information content (AvgIpc) is 2.24. The van der Waals surface area contributed by atoms with Crippen molar-refractivity contribution < 1.29 is 34.8 Å². The van der Waals surface area contributed by atoms with Gasteiger partial charge in [0.25, 0.3) is 0 Å². The van der Waals surface area contributed by atoms with E-state index in [0.717, 1.165) is 0 Å². The van der Waals surface area contributed by atoms with E-state index in [1.54, 1.807) is 0 Å². The third-order valence-corrected chi connectivity index (χ3v) is 4.65. The van der Waals surface area contributed by atoms with Gasteiger partial charge < -0.3 is 0 Å². The molecule has 0 amide bonds. The van der Waals surface area contributed by atoms with Gasteiger partial charge in [0.15, 0.2) is 0 Å². The molecule has 0 aromatic heterocycles. The van der Waals surface area contributed by atoms with Gasteiger partial charge in [-0.1, -0.05) is 12.8 Å². The summed E-state index contributed by atoms with van der Waals surface area (Å²) in [4.78, 5) is 0. The molecule has 0 rings (SSSR count). The van der Waals surface area contributed by atoms with E-state index < -0.39 is 35.0 Å². The Morgan fingerprint density at radius 1 is 0.571 bits per heavy atom. The zero-order chi connectivity index (χ0) is 16.6.